The van der Waals surface area contributed by atoms with Crippen molar-refractivity contribution in [3.8, 4) is 0 Å². The largest absolute Gasteiger partial charge is 0.342 e. The third kappa shape index (κ3) is 4.34. The van der Waals surface area contributed by atoms with Crippen LogP contribution in [-0.4, -0.2) is 41.7 Å². The summed E-state index contributed by atoms with van der Waals surface area (Å²) in [7, 11) is -3.61. The minimum atomic E-state index is -3.61. The van der Waals surface area contributed by atoms with Crippen LogP contribution in [0.25, 0.3) is 11.0 Å². The van der Waals surface area contributed by atoms with Crippen LogP contribution in [0, 0.1) is 6.92 Å². The number of amides is 1. The van der Waals surface area contributed by atoms with Gasteiger partial charge >= 0.3 is 0 Å². The summed E-state index contributed by atoms with van der Waals surface area (Å²) < 4.78 is 27.9. The van der Waals surface area contributed by atoms with Crippen molar-refractivity contribution >= 4 is 32.7 Å². The van der Waals surface area contributed by atoms with Crippen LogP contribution in [-0.2, 0) is 10.0 Å². The fraction of sp³-hybridized carbons (Fsp3) is 0.231. The van der Waals surface area contributed by atoms with Gasteiger partial charge in [-0.3, -0.25) is 4.79 Å². The van der Waals surface area contributed by atoms with Crippen molar-refractivity contribution in [3.63, 3.8) is 0 Å². The first-order chi connectivity index (χ1) is 16.4. The first-order valence-electron chi connectivity index (χ1n) is 11.3. The first kappa shape index (κ1) is 22.3. The molecule has 1 amide bonds. The number of nitrogens with zero attached hydrogens (tertiary/aromatic N) is 2. The molecule has 0 radical (unpaired) electrons. The van der Waals surface area contributed by atoms with Crippen molar-refractivity contribution in [1.82, 2.24) is 14.3 Å². The number of aryl methyl sites for hydroxylation is 1. The van der Waals surface area contributed by atoms with Gasteiger partial charge in [0.05, 0.1) is 15.9 Å². The third-order valence-electron chi connectivity index (χ3n) is 6.39. The Morgan fingerprint density at radius 1 is 0.971 bits per heavy atom. The van der Waals surface area contributed by atoms with Crippen LogP contribution in [0.15, 0.2) is 77.7 Å². The molecule has 0 saturated carbocycles. The number of anilines is 1. The minimum Gasteiger partial charge on any atom is -0.342 e. The number of hydrogen-bond acceptors (Lipinski definition) is 4. The van der Waals surface area contributed by atoms with Crippen LogP contribution in [0.3, 0.4) is 0 Å². The maximum atomic E-state index is 13.2. The highest BCUT2D eigenvalue weighted by Crippen LogP contribution is 2.30. The number of para-hydroxylation sites is 2. The quantitative estimate of drug-likeness (QED) is 0.439. The predicted molar refractivity (Wildman–Crippen MR) is 132 cm³/mol. The zero-order valence-corrected chi connectivity index (χ0v) is 19.7. The molecule has 2 heterocycles. The molecule has 3 aromatic carbocycles. The number of aromatic nitrogens is 2. The highest BCUT2D eigenvalue weighted by atomic mass is 32.2. The Kier molecular flexibility index (Phi) is 5.93. The fourth-order valence-electron chi connectivity index (χ4n) is 4.42. The van der Waals surface area contributed by atoms with Crippen molar-refractivity contribution in [2.45, 2.75) is 30.6 Å². The number of fused-ring (bicyclic) bond motifs is 1. The smallest absolute Gasteiger partial charge is 0.255 e. The zero-order valence-electron chi connectivity index (χ0n) is 18.9. The maximum absolute atomic E-state index is 13.2. The number of aromatic amines is 1. The highest BCUT2D eigenvalue weighted by Gasteiger charge is 2.31. The van der Waals surface area contributed by atoms with E-state index in [2.05, 4.69) is 15.3 Å². The second-order valence-electron chi connectivity index (χ2n) is 8.61. The molecular weight excluding hydrogens is 448 g/mol. The molecule has 1 aliphatic heterocycles. The summed E-state index contributed by atoms with van der Waals surface area (Å²) in [6.07, 6.45) is 1.42. The molecule has 2 N–H and O–H groups in total. The van der Waals surface area contributed by atoms with E-state index in [1.165, 1.54) is 4.31 Å². The highest BCUT2D eigenvalue weighted by molar-refractivity contribution is 7.89. The molecular formula is C26H26N4O3S. The van der Waals surface area contributed by atoms with E-state index in [1.807, 2.05) is 49.4 Å². The molecule has 0 aliphatic carbocycles. The molecule has 5 rings (SSSR count). The molecule has 1 saturated heterocycles. The Morgan fingerprint density at radius 2 is 1.65 bits per heavy atom. The monoisotopic (exact) mass is 474 g/mol. The molecule has 1 aliphatic rings. The normalized spacial score (nSPS) is 15.4. The molecule has 0 atom stereocenters. The van der Waals surface area contributed by atoms with Crippen molar-refractivity contribution in [3.05, 3.63) is 89.7 Å². The summed E-state index contributed by atoms with van der Waals surface area (Å²) >= 11 is 0. The molecule has 174 valence electrons. The molecule has 4 aromatic rings. The van der Waals surface area contributed by atoms with Crippen LogP contribution < -0.4 is 5.32 Å². The SMILES string of the molecule is Cc1ccccc1C(=O)Nc1ccc(S(=O)(=O)N2CCC(c3nc4ccccc4[nH]3)CC2)cc1. The number of sulfonamides is 1. The van der Waals surface area contributed by atoms with Gasteiger partial charge in [-0.15, -0.1) is 0 Å². The maximum Gasteiger partial charge on any atom is 0.255 e. The lowest BCUT2D eigenvalue weighted by Crippen LogP contribution is -2.38. The molecule has 0 unspecified atom stereocenters. The Labute approximate surface area is 198 Å². The lowest BCUT2D eigenvalue weighted by molar-refractivity contribution is 0.102. The predicted octanol–water partition coefficient (Wildman–Crippen LogP) is 4.69. The van der Waals surface area contributed by atoms with Crippen molar-refractivity contribution < 1.29 is 13.2 Å². The third-order valence-corrected chi connectivity index (χ3v) is 8.30. The van der Waals surface area contributed by atoms with Crippen molar-refractivity contribution in [2.24, 2.45) is 0 Å². The number of carbonyl (C=O) groups is 1. The molecule has 0 bridgehead atoms. The second kappa shape index (κ2) is 9.04. The molecule has 34 heavy (non-hydrogen) atoms. The van der Waals surface area contributed by atoms with E-state index < -0.39 is 10.0 Å². The Hall–Kier alpha value is -3.49. The number of nitrogens with one attached hydrogen (secondary N) is 2. The Morgan fingerprint density at radius 3 is 2.35 bits per heavy atom. The van der Waals surface area contributed by atoms with Gasteiger partial charge in [-0.25, -0.2) is 13.4 Å². The van der Waals surface area contributed by atoms with E-state index in [9.17, 15) is 13.2 Å². The molecule has 8 heteroatoms. The lowest BCUT2D eigenvalue weighted by atomic mass is 9.97. The fourth-order valence-corrected chi connectivity index (χ4v) is 5.89. The van der Waals surface area contributed by atoms with Gasteiger partial charge in [-0.2, -0.15) is 4.31 Å². The lowest BCUT2D eigenvalue weighted by Gasteiger charge is -2.30. The van der Waals surface area contributed by atoms with Gasteiger partial charge in [-0.05, 0) is 67.8 Å². The van der Waals surface area contributed by atoms with Gasteiger partial charge in [0, 0.05) is 30.3 Å². The number of piperidine rings is 1. The van der Waals surface area contributed by atoms with Crippen LogP contribution in [0.5, 0.6) is 0 Å². The van der Waals surface area contributed by atoms with E-state index in [-0.39, 0.29) is 16.7 Å². The van der Waals surface area contributed by atoms with Crippen LogP contribution in [0.2, 0.25) is 0 Å². The Bertz CT molecular complexity index is 1400. The van der Waals surface area contributed by atoms with Crippen LogP contribution >= 0.6 is 0 Å². The summed E-state index contributed by atoms with van der Waals surface area (Å²) in [5, 5.41) is 2.83. The average Bonchev–Trinajstić information content (AvgIpc) is 3.29. The van der Waals surface area contributed by atoms with E-state index in [4.69, 9.17) is 0 Å². The number of imidazole rings is 1. The zero-order chi connectivity index (χ0) is 23.7. The van der Waals surface area contributed by atoms with Gasteiger partial charge in [0.1, 0.15) is 5.82 Å². The molecule has 0 spiro atoms. The average molecular weight is 475 g/mol. The summed E-state index contributed by atoms with van der Waals surface area (Å²) in [6.45, 7) is 2.76. The van der Waals surface area contributed by atoms with E-state index in [1.54, 1.807) is 30.3 Å². The van der Waals surface area contributed by atoms with Gasteiger partial charge in [0.25, 0.3) is 5.91 Å². The number of hydrogen-bond donors (Lipinski definition) is 2. The van der Waals surface area contributed by atoms with Gasteiger partial charge in [0.2, 0.25) is 10.0 Å². The molecule has 7 nitrogen and oxygen atoms in total. The van der Waals surface area contributed by atoms with Gasteiger partial charge < -0.3 is 10.3 Å². The second-order valence-corrected chi connectivity index (χ2v) is 10.5. The molecule has 1 fully saturated rings. The standard InChI is InChI=1S/C26H26N4O3S/c1-18-6-2-3-7-22(18)26(31)27-20-10-12-21(13-11-20)34(32,33)30-16-14-19(15-17-30)25-28-23-8-4-5-9-24(23)29-25/h2-13,19H,14-17H2,1H3,(H,27,31)(H,28,29). The Balaban J connectivity index is 1.24. The number of H-pyrrole nitrogens is 1. The number of carbonyl (C=O) groups excluding carboxylic acids is 1. The van der Waals surface area contributed by atoms with Crippen LogP contribution in [0.4, 0.5) is 5.69 Å². The topological polar surface area (TPSA) is 95.2 Å². The first-order valence-corrected chi connectivity index (χ1v) is 12.8. The number of benzene rings is 3. The van der Waals surface area contributed by atoms with E-state index in [0.29, 0.717) is 37.2 Å². The summed E-state index contributed by atoms with van der Waals surface area (Å²) in [5.74, 6) is 0.909. The number of rotatable bonds is 5. The van der Waals surface area contributed by atoms with Gasteiger partial charge in [-0.1, -0.05) is 30.3 Å². The van der Waals surface area contributed by atoms with Crippen LogP contribution in [0.1, 0.15) is 40.5 Å². The van der Waals surface area contributed by atoms with Crippen molar-refractivity contribution in [2.75, 3.05) is 18.4 Å². The van der Waals surface area contributed by atoms with E-state index >= 15 is 0 Å². The summed E-state index contributed by atoms with van der Waals surface area (Å²) in [4.78, 5) is 20.8. The summed E-state index contributed by atoms with van der Waals surface area (Å²) in [6, 6.07) is 21.6. The minimum absolute atomic E-state index is 0.206. The molecule has 1 aromatic heterocycles. The van der Waals surface area contributed by atoms with Crippen molar-refractivity contribution in [1.29, 1.82) is 0 Å². The summed E-state index contributed by atoms with van der Waals surface area (Å²) in [5.41, 5.74) is 3.96. The van der Waals surface area contributed by atoms with Gasteiger partial charge in [0.15, 0.2) is 0 Å². The van der Waals surface area contributed by atoms with E-state index in [0.717, 1.165) is 22.4 Å².